The molecule has 0 aromatic rings. The summed E-state index contributed by atoms with van der Waals surface area (Å²) in [7, 11) is 0. The van der Waals surface area contributed by atoms with Gasteiger partial charge >= 0.3 is 29.6 Å². The minimum Gasteiger partial charge on any atom is -0.547 e. The van der Waals surface area contributed by atoms with E-state index in [0.29, 0.717) is 0 Å². The number of hydrogen-bond donors (Lipinski definition) is 0. The maximum atomic E-state index is 10.8. The van der Waals surface area contributed by atoms with Gasteiger partial charge in [-0.3, -0.25) is 0 Å². The molecule has 0 amide bonds. The van der Waals surface area contributed by atoms with Gasteiger partial charge in [0.2, 0.25) is 0 Å². The largest absolute Gasteiger partial charge is 1.00 e. The Morgan fingerprint density at radius 3 is 2.56 bits per heavy atom. The average molecular weight is 234 g/mol. The van der Waals surface area contributed by atoms with Crippen LogP contribution in [0.1, 0.15) is 40.0 Å². The zero-order valence-electron chi connectivity index (χ0n) is 10.7. The summed E-state index contributed by atoms with van der Waals surface area (Å²) in [6.07, 6.45) is 4.13. The molecule has 0 saturated carbocycles. The molecule has 0 spiro atoms. The van der Waals surface area contributed by atoms with Crippen molar-refractivity contribution in [3.63, 3.8) is 0 Å². The molecule has 86 valence electrons. The molecule has 1 rings (SSSR count). The number of aliphatic carboxylic acids is 1. The van der Waals surface area contributed by atoms with Crippen molar-refractivity contribution in [2.75, 3.05) is 0 Å². The fourth-order valence-corrected chi connectivity index (χ4v) is 1.76. The van der Waals surface area contributed by atoms with E-state index < -0.39 is 12.1 Å². The van der Waals surface area contributed by atoms with Gasteiger partial charge in [0.25, 0.3) is 0 Å². The number of hydrogen-bond acceptors (Lipinski definition) is 3. The number of ether oxygens (including phenoxy) is 1. The first-order valence-corrected chi connectivity index (χ1v) is 5.52. The summed E-state index contributed by atoms with van der Waals surface area (Å²) in [5.74, 6) is -1.14. The molecule has 0 radical (unpaired) electrons. The topological polar surface area (TPSA) is 49.4 Å². The summed E-state index contributed by atoms with van der Waals surface area (Å²) in [5, 5.41) is 10.8. The van der Waals surface area contributed by atoms with Gasteiger partial charge in [-0.05, 0) is 32.1 Å². The Bertz CT molecular complexity index is 261. The summed E-state index contributed by atoms with van der Waals surface area (Å²) < 4.78 is 5.56. The van der Waals surface area contributed by atoms with Crippen molar-refractivity contribution < 1.29 is 44.2 Å². The molecule has 0 N–H and O–H groups in total. The summed E-state index contributed by atoms with van der Waals surface area (Å²) in [5.41, 5.74) is 1.37. The Balaban J connectivity index is 0.00000225. The molecule has 4 heteroatoms. The molecule has 3 nitrogen and oxygen atoms in total. The van der Waals surface area contributed by atoms with E-state index in [4.69, 9.17) is 4.74 Å². The minimum atomic E-state index is -1.10. The van der Waals surface area contributed by atoms with Crippen LogP contribution in [0.4, 0.5) is 0 Å². The van der Waals surface area contributed by atoms with Gasteiger partial charge in [-0.2, -0.15) is 0 Å². The van der Waals surface area contributed by atoms with Crippen molar-refractivity contribution in [2.24, 2.45) is 5.92 Å². The fraction of sp³-hybridized carbons (Fsp3) is 0.750. The second-order valence-corrected chi connectivity index (χ2v) is 4.57. The summed E-state index contributed by atoms with van der Waals surface area (Å²) in [4.78, 5) is 10.8. The van der Waals surface area contributed by atoms with E-state index in [2.05, 4.69) is 13.0 Å². The number of carboxylic acids is 1. The number of carboxylic acid groups (broad SMARTS) is 1. The van der Waals surface area contributed by atoms with Gasteiger partial charge in [-0.25, -0.2) is 0 Å². The standard InChI is InChI=1S/C12H20O3.Na/c1-8(2)11(12(13)14)15-10-6-4-9(3)5-7-10;/h4,8,10-11H,5-7H2,1-3H3,(H,13,14);/q;+1/p-1. The molecule has 0 aromatic carbocycles. The number of rotatable bonds is 4. The molecule has 0 aliphatic heterocycles. The first-order valence-electron chi connectivity index (χ1n) is 5.52. The van der Waals surface area contributed by atoms with Crippen molar-refractivity contribution in [1.82, 2.24) is 0 Å². The maximum absolute atomic E-state index is 10.8. The van der Waals surface area contributed by atoms with Gasteiger partial charge in [0.15, 0.2) is 0 Å². The van der Waals surface area contributed by atoms with Crippen LogP contribution in [0.3, 0.4) is 0 Å². The van der Waals surface area contributed by atoms with E-state index in [0.717, 1.165) is 19.3 Å². The third-order valence-corrected chi connectivity index (χ3v) is 2.77. The van der Waals surface area contributed by atoms with Gasteiger partial charge in [-0.15, -0.1) is 0 Å². The van der Waals surface area contributed by atoms with Crippen LogP contribution in [-0.2, 0) is 9.53 Å². The van der Waals surface area contributed by atoms with Gasteiger partial charge in [0.05, 0.1) is 18.2 Å². The minimum absolute atomic E-state index is 0. The zero-order chi connectivity index (χ0) is 11.4. The second-order valence-electron chi connectivity index (χ2n) is 4.57. The Morgan fingerprint density at radius 2 is 2.19 bits per heavy atom. The van der Waals surface area contributed by atoms with Gasteiger partial charge < -0.3 is 14.6 Å². The van der Waals surface area contributed by atoms with Crippen molar-refractivity contribution in [1.29, 1.82) is 0 Å². The van der Waals surface area contributed by atoms with E-state index in [1.165, 1.54) is 5.57 Å². The molecule has 2 unspecified atom stereocenters. The molecular formula is C12H19NaO3. The van der Waals surface area contributed by atoms with Gasteiger partial charge in [0.1, 0.15) is 0 Å². The monoisotopic (exact) mass is 234 g/mol. The van der Waals surface area contributed by atoms with E-state index in [-0.39, 0.29) is 41.6 Å². The predicted octanol–water partition coefficient (Wildman–Crippen LogP) is -1.72. The van der Waals surface area contributed by atoms with Crippen LogP contribution in [0.25, 0.3) is 0 Å². The van der Waals surface area contributed by atoms with Crippen LogP contribution in [0.5, 0.6) is 0 Å². The molecular weight excluding hydrogens is 215 g/mol. The number of carbonyl (C=O) groups excluding carboxylic acids is 1. The van der Waals surface area contributed by atoms with Crippen LogP contribution < -0.4 is 34.7 Å². The van der Waals surface area contributed by atoms with Crippen LogP contribution in [0, 0.1) is 5.92 Å². The number of allylic oxidation sites excluding steroid dienone is 1. The molecule has 2 atom stereocenters. The normalized spacial score (nSPS) is 22.2. The summed E-state index contributed by atoms with van der Waals surface area (Å²) >= 11 is 0. The van der Waals surface area contributed by atoms with E-state index in [9.17, 15) is 9.90 Å². The molecule has 0 heterocycles. The number of carbonyl (C=O) groups is 1. The van der Waals surface area contributed by atoms with Crippen molar-refractivity contribution in [2.45, 2.75) is 52.2 Å². The van der Waals surface area contributed by atoms with E-state index in [1.807, 2.05) is 13.8 Å². The summed E-state index contributed by atoms with van der Waals surface area (Å²) in [6.45, 7) is 5.77. The molecule has 0 bridgehead atoms. The smallest absolute Gasteiger partial charge is 0.547 e. The summed E-state index contributed by atoms with van der Waals surface area (Å²) in [6, 6.07) is 0. The second kappa shape index (κ2) is 7.49. The molecule has 16 heavy (non-hydrogen) atoms. The molecule has 1 aliphatic carbocycles. The van der Waals surface area contributed by atoms with Crippen LogP contribution in [0.15, 0.2) is 11.6 Å². The first kappa shape index (κ1) is 16.2. The zero-order valence-corrected chi connectivity index (χ0v) is 12.7. The van der Waals surface area contributed by atoms with Crippen LogP contribution >= 0.6 is 0 Å². The Kier molecular flexibility index (Phi) is 7.57. The Morgan fingerprint density at radius 1 is 1.56 bits per heavy atom. The van der Waals surface area contributed by atoms with E-state index in [1.54, 1.807) is 0 Å². The van der Waals surface area contributed by atoms with Crippen LogP contribution in [0.2, 0.25) is 0 Å². The Hall–Kier alpha value is 0.170. The van der Waals surface area contributed by atoms with Crippen molar-refractivity contribution in [3.8, 4) is 0 Å². The van der Waals surface area contributed by atoms with Gasteiger partial charge in [-0.1, -0.05) is 25.5 Å². The molecule has 1 aliphatic rings. The van der Waals surface area contributed by atoms with Gasteiger partial charge in [0, 0.05) is 0 Å². The van der Waals surface area contributed by atoms with Crippen LogP contribution in [-0.4, -0.2) is 18.2 Å². The third kappa shape index (κ3) is 5.00. The average Bonchev–Trinajstić information content (AvgIpc) is 2.15. The SMILES string of the molecule is CC1=CCC(OC(C(=O)[O-])C(C)C)CC1.[Na+]. The van der Waals surface area contributed by atoms with E-state index >= 15 is 0 Å². The molecule has 0 fully saturated rings. The first-order chi connectivity index (χ1) is 7.00. The quantitative estimate of drug-likeness (QED) is 0.429. The maximum Gasteiger partial charge on any atom is 1.00 e. The predicted molar refractivity (Wildman–Crippen MR) is 56.1 cm³/mol. The fourth-order valence-electron chi connectivity index (χ4n) is 1.76. The Labute approximate surface area is 120 Å². The third-order valence-electron chi connectivity index (χ3n) is 2.77. The van der Waals surface area contributed by atoms with Crippen molar-refractivity contribution in [3.05, 3.63) is 11.6 Å². The molecule has 0 saturated heterocycles. The molecule has 0 aromatic heterocycles. The van der Waals surface area contributed by atoms with Crippen molar-refractivity contribution >= 4 is 5.97 Å².